The topological polar surface area (TPSA) is 76.1 Å². The second-order valence-corrected chi connectivity index (χ2v) is 6.00. The molecule has 0 bridgehead atoms. The van der Waals surface area contributed by atoms with Crippen molar-refractivity contribution in [3.05, 3.63) is 71.1 Å². The number of nitrogens with zero attached hydrogens (tertiary/aromatic N) is 2. The van der Waals surface area contributed by atoms with Crippen molar-refractivity contribution in [2.45, 2.75) is 6.92 Å². The first kappa shape index (κ1) is 17.7. The van der Waals surface area contributed by atoms with Gasteiger partial charge in [0.25, 0.3) is 5.91 Å². The van der Waals surface area contributed by atoms with Gasteiger partial charge in [0.15, 0.2) is 0 Å². The minimum Gasteiger partial charge on any atom is -0.497 e. The Bertz CT molecular complexity index is 946. The van der Waals surface area contributed by atoms with Gasteiger partial charge in [0.05, 0.1) is 7.11 Å². The summed E-state index contributed by atoms with van der Waals surface area (Å²) in [4.78, 5) is 20.6. The van der Waals surface area contributed by atoms with Crippen LogP contribution in [0.1, 0.15) is 16.1 Å². The number of benzene rings is 2. The van der Waals surface area contributed by atoms with E-state index in [2.05, 4.69) is 20.6 Å². The van der Waals surface area contributed by atoms with E-state index in [0.29, 0.717) is 22.3 Å². The van der Waals surface area contributed by atoms with Crippen LogP contribution in [0.15, 0.2) is 54.9 Å². The lowest BCUT2D eigenvalue weighted by Gasteiger charge is -2.10. The normalized spacial score (nSPS) is 10.3. The molecular weight excluding hydrogens is 352 g/mol. The number of carbonyl (C=O) groups is 1. The molecule has 1 heterocycles. The highest BCUT2D eigenvalue weighted by Crippen LogP contribution is 2.23. The highest BCUT2D eigenvalue weighted by atomic mass is 35.5. The minimum absolute atomic E-state index is 0.247. The van der Waals surface area contributed by atoms with Crippen molar-refractivity contribution in [1.82, 2.24) is 9.97 Å². The van der Waals surface area contributed by atoms with E-state index in [1.807, 2.05) is 19.1 Å². The Labute approximate surface area is 156 Å². The van der Waals surface area contributed by atoms with E-state index in [-0.39, 0.29) is 11.6 Å². The lowest BCUT2D eigenvalue weighted by molar-refractivity contribution is 0.102. The van der Waals surface area contributed by atoms with Crippen molar-refractivity contribution < 1.29 is 9.53 Å². The van der Waals surface area contributed by atoms with Crippen LogP contribution in [0.3, 0.4) is 0 Å². The number of methoxy groups -OCH3 is 1. The maximum Gasteiger partial charge on any atom is 0.274 e. The molecule has 1 amide bonds. The average Bonchev–Trinajstić information content (AvgIpc) is 2.64. The van der Waals surface area contributed by atoms with E-state index in [1.165, 1.54) is 6.33 Å². The summed E-state index contributed by atoms with van der Waals surface area (Å²) in [7, 11) is 1.57. The van der Waals surface area contributed by atoms with Crippen molar-refractivity contribution in [3.8, 4) is 5.75 Å². The quantitative estimate of drug-likeness (QED) is 0.696. The standard InChI is InChI=1S/C19H17ClN4O2/c1-12-8-13(20)6-7-16(12)24-18-10-17(21-11-22-18)19(25)23-14-4-3-5-15(9-14)26-2/h3-11H,1-2H3,(H,23,25)(H,21,22,24). The molecular formula is C19H17ClN4O2. The largest absolute Gasteiger partial charge is 0.497 e. The van der Waals surface area contributed by atoms with Crippen molar-refractivity contribution in [3.63, 3.8) is 0 Å². The van der Waals surface area contributed by atoms with Gasteiger partial charge in [0, 0.05) is 28.5 Å². The van der Waals surface area contributed by atoms with Gasteiger partial charge in [-0.2, -0.15) is 0 Å². The van der Waals surface area contributed by atoms with Gasteiger partial charge < -0.3 is 15.4 Å². The number of aryl methyl sites for hydroxylation is 1. The number of amides is 1. The van der Waals surface area contributed by atoms with Crippen LogP contribution in [-0.2, 0) is 0 Å². The summed E-state index contributed by atoms with van der Waals surface area (Å²) in [6, 6.07) is 14.2. The zero-order chi connectivity index (χ0) is 18.5. The monoisotopic (exact) mass is 368 g/mol. The summed E-state index contributed by atoms with van der Waals surface area (Å²) in [6.07, 6.45) is 1.34. The highest BCUT2D eigenvalue weighted by Gasteiger charge is 2.10. The molecule has 0 saturated heterocycles. The predicted octanol–water partition coefficient (Wildman–Crippen LogP) is 4.44. The fraction of sp³-hybridized carbons (Fsp3) is 0.105. The van der Waals surface area contributed by atoms with Crippen molar-refractivity contribution in [2.24, 2.45) is 0 Å². The van der Waals surface area contributed by atoms with Crippen molar-refractivity contribution in [1.29, 1.82) is 0 Å². The average molecular weight is 369 g/mol. The molecule has 0 unspecified atom stereocenters. The smallest absolute Gasteiger partial charge is 0.274 e. The van der Waals surface area contributed by atoms with Crippen LogP contribution in [0.2, 0.25) is 5.02 Å². The number of anilines is 3. The number of aromatic nitrogens is 2. The molecule has 0 saturated carbocycles. The van der Waals surface area contributed by atoms with Crippen LogP contribution in [-0.4, -0.2) is 23.0 Å². The zero-order valence-corrected chi connectivity index (χ0v) is 15.0. The number of halogens is 1. The molecule has 0 spiro atoms. The summed E-state index contributed by atoms with van der Waals surface area (Å²) >= 11 is 5.97. The summed E-state index contributed by atoms with van der Waals surface area (Å²) < 4.78 is 5.15. The molecule has 2 aromatic carbocycles. The van der Waals surface area contributed by atoms with Gasteiger partial charge in [-0.05, 0) is 42.8 Å². The van der Waals surface area contributed by atoms with Gasteiger partial charge in [-0.15, -0.1) is 0 Å². The highest BCUT2D eigenvalue weighted by molar-refractivity contribution is 6.30. The van der Waals surface area contributed by atoms with Gasteiger partial charge in [-0.3, -0.25) is 4.79 Å². The molecule has 132 valence electrons. The Morgan fingerprint density at radius 2 is 1.96 bits per heavy atom. The van der Waals surface area contributed by atoms with Gasteiger partial charge in [0.2, 0.25) is 0 Å². The van der Waals surface area contributed by atoms with Gasteiger partial charge in [-0.25, -0.2) is 9.97 Å². The number of hydrogen-bond donors (Lipinski definition) is 2. The Morgan fingerprint density at radius 1 is 1.12 bits per heavy atom. The molecule has 6 nitrogen and oxygen atoms in total. The van der Waals surface area contributed by atoms with E-state index < -0.39 is 0 Å². The zero-order valence-electron chi connectivity index (χ0n) is 14.3. The van der Waals surface area contributed by atoms with E-state index in [1.54, 1.807) is 43.5 Å². The van der Waals surface area contributed by atoms with Crippen LogP contribution in [0.4, 0.5) is 17.2 Å². The maximum absolute atomic E-state index is 12.4. The fourth-order valence-corrected chi connectivity index (χ4v) is 2.58. The van der Waals surface area contributed by atoms with Crippen molar-refractivity contribution >= 4 is 34.7 Å². The number of ether oxygens (including phenoxy) is 1. The minimum atomic E-state index is -0.337. The van der Waals surface area contributed by atoms with Crippen LogP contribution in [0.25, 0.3) is 0 Å². The lowest BCUT2D eigenvalue weighted by Crippen LogP contribution is -2.14. The Morgan fingerprint density at radius 3 is 2.73 bits per heavy atom. The van der Waals surface area contributed by atoms with Crippen LogP contribution in [0.5, 0.6) is 5.75 Å². The number of hydrogen-bond acceptors (Lipinski definition) is 5. The van der Waals surface area contributed by atoms with Crippen LogP contribution < -0.4 is 15.4 Å². The third-order valence-corrected chi connectivity index (χ3v) is 3.91. The van der Waals surface area contributed by atoms with E-state index in [0.717, 1.165) is 11.3 Å². The van der Waals surface area contributed by atoms with Gasteiger partial charge >= 0.3 is 0 Å². The Balaban J connectivity index is 1.76. The molecule has 0 aliphatic carbocycles. The number of rotatable bonds is 5. The van der Waals surface area contributed by atoms with E-state index in [4.69, 9.17) is 16.3 Å². The molecule has 26 heavy (non-hydrogen) atoms. The molecule has 0 aliphatic heterocycles. The van der Waals surface area contributed by atoms with E-state index >= 15 is 0 Å². The molecule has 3 rings (SSSR count). The summed E-state index contributed by atoms with van der Waals surface area (Å²) in [5.74, 6) is 0.837. The second kappa shape index (κ2) is 7.84. The third-order valence-electron chi connectivity index (χ3n) is 3.68. The summed E-state index contributed by atoms with van der Waals surface area (Å²) in [6.45, 7) is 1.94. The lowest BCUT2D eigenvalue weighted by atomic mass is 10.2. The fourth-order valence-electron chi connectivity index (χ4n) is 2.35. The third kappa shape index (κ3) is 4.29. The molecule has 0 atom stereocenters. The predicted molar refractivity (Wildman–Crippen MR) is 102 cm³/mol. The summed E-state index contributed by atoms with van der Waals surface area (Å²) in [5.41, 5.74) is 2.69. The van der Waals surface area contributed by atoms with Crippen molar-refractivity contribution in [2.75, 3.05) is 17.7 Å². The number of carbonyl (C=O) groups excluding carboxylic acids is 1. The van der Waals surface area contributed by atoms with Gasteiger partial charge in [-0.1, -0.05) is 17.7 Å². The molecule has 3 aromatic rings. The van der Waals surface area contributed by atoms with Gasteiger partial charge in [0.1, 0.15) is 23.6 Å². The molecule has 1 aromatic heterocycles. The first-order chi connectivity index (χ1) is 12.5. The molecule has 0 fully saturated rings. The maximum atomic E-state index is 12.4. The Kier molecular flexibility index (Phi) is 5.34. The second-order valence-electron chi connectivity index (χ2n) is 5.56. The van der Waals surface area contributed by atoms with Crippen LogP contribution >= 0.6 is 11.6 Å². The molecule has 0 aliphatic rings. The first-order valence-electron chi connectivity index (χ1n) is 7.86. The molecule has 7 heteroatoms. The SMILES string of the molecule is COc1cccc(NC(=O)c2cc(Nc3ccc(Cl)cc3C)ncn2)c1. The van der Waals surface area contributed by atoms with Crippen LogP contribution in [0, 0.1) is 6.92 Å². The first-order valence-corrected chi connectivity index (χ1v) is 8.23. The summed E-state index contributed by atoms with van der Waals surface area (Å²) in [5, 5.41) is 6.62. The van der Waals surface area contributed by atoms with E-state index in [9.17, 15) is 4.79 Å². The Hall–Kier alpha value is -3.12. The molecule has 0 radical (unpaired) electrons. The molecule has 2 N–H and O–H groups in total. The number of nitrogens with one attached hydrogen (secondary N) is 2.